The van der Waals surface area contributed by atoms with Gasteiger partial charge < -0.3 is 19.7 Å². The number of hydrogen-bond acceptors (Lipinski definition) is 4. The highest BCUT2D eigenvalue weighted by Gasteiger charge is 2.27. The molecule has 0 heterocycles. The Labute approximate surface area is 166 Å². The number of amides is 2. The number of nitrogens with one attached hydrogen (secondary N) is 1. The summed E-state index contributed by atoms with van der Waals surface area (Å²) in [4.78, 5) is 27.0. The summed E-state index contributed by atoms with van der Waals surface area (Å²) in [6.45, 7) is 4.62. The monoisotopic (exact) mass is 384 g/mol. The van der Waals surface area contributed by atoms with E-state index in [1.54, 1.807) is 43.3 Å². The molecule has 2 rings (SSSR count). The first-order chi connectivity index (χ1) is 13.4. The molecule has 1 N–H and O–H groups in total. The topological polar surface area (TPSA) is 67.9 Å². The molecule has 0 fully saturated rings. The number of para-hydroxylation sites is 1. The molecule has 0 saturated carbocycles. The highest BCUT2D eigenvalue weighted by atomic mass is 16.5. The maximum absolute atomic E-state index is 12.8. The van der Waals surface area contributed by atoms with E-state index in [1.165, 1.54) is 0 Å². The van der Waals surface area contributed by atoms with E-state index in [9.17, 15) is 9.59 Å². The highest BCUT2D eigenvalue weighted by molar-refractivity contribution is 5.97. The molecule has 0 bridgehead atoms. The molecule has 1 atom stereocenters. The van der Waals surface area contributed by atoms with E-state index in [0.717, 1.165) is 5.75 Å². The quantitative estimate of drug-likeness (QED) is 0.722. The van der Waals surface area contributed by atoms with Crippen LogP contribution >= 0.6 is 0 Å². The lowest BCUT2D eigenvalue weighted by atomic mass is 10.0. The molecule has 6 heteroatoms. The average molecular weight is 384 g/mol. The van der Waals surface area contributed by atoms with E-state index in [0.29, 0.717) is 24.5 Å². The SMILES string of the molecule is COc1ccc(C(=O)NC(C(=O)N(C)CCOc2ccccc2)C(C)C)cc1. The molecular formula is C22H28N2O4. The molecule has 0 spiro atoms. The third-order valence-corrected chi connectivity index (χ3v) is 4.39. The summed E-state index contributed by atoms with van der Waals surface area (Å²) < 4.78 is 10.7. The van der Waals surface area contributed by atoms with E-state index in [1.807, 2.05) is 44.2 Å². The third-order valence-electron chi connectivity index (χ3n) is 4.39. The molecule has 0 saturated heterocycles. The number of carbonyl (C=O) groups excluding carboxylic acids is 2. The zero-order valence-electron chi connectivity index (χ0n) is 16.8. The lowest BCUT2D eigenvalue weighted by Gasteiger charge is -2.27. The van der Waals surface area contributed by atoms with E-state index in [4.69, 9.17) is 9.47 Å². The normalized spacial score (nSPS) is 11.6. The number of hydrogen-bond donors (Lipinski definition) is 1. The minimum atomic E-state index is -0.615. The molecule has 150 valence electrons. The van der Waals surface area contributed by atoms with Crippen LogP contribution in [0.4, 0.5) is 0 Å². The third kappa shape index (κ3) is 6.01. The molecule has 0 aromatic heterocycles. The van der Waals surface area contributed by atoms with Crippen LogP contribution in [0, 0.1) is 5.92 Å². The van der Waals surface area contributed by atoms with Crippen LogP contribution in [0.1, 0.15) is 24.2 Å². The van der Waals surface area contributed by atoms with E-state index >= 15 is 0 Å². The summed E-state index contributed by atoms with van der Waals surface area (Å²) in [6.07, 6.45) is 0. The lowest BCUT2D eigenvalue weighted by Crippen LogP contribution is -2.50. The number of nitrogens with zero attached hydrogens (tertiary/aromatic N) is 1. The molecule has 2 amide bonds. The molecular weight excluding hydrogens is 356 g/mol. The number of likely N-dealkylation sites (N-methyl/N-ethyl adjacent to an activating group) is 1. The average Bonchev–Trinajstić information content (AvgIpc) is 2.71. The summed E-state index contributed by atoms with van der Waals surface area (Å²) >= 11 is 0. The van der Waals surface area contributed by atoms with Crippen LogP contribution in [0.5, 0.6) is 11.5 Å². The Kier molecular flexibility index (Phi) is 7.87. The maximum atomic E-state index is 12.8. The Morgan fingerprint density at radius 3 is 2.21 bits per heavy atom. The summed E-state index contributed by atoms with van der Waals surface area (Å²) in [5, 5.41) is 2.85. The van der Waals surface area contributed by atoms with Crippen LogP contribution in [0.25, 0.3) is 0 Å². The smallest absolute Gasteiger partial charge is 0.251 e. The van der Waals surface area contributed by atoms with Crippen LogP contribution in [0.15, 0.2) is 54.6 Å². The van der Waals surface area contributed by atoms with Crippen molar-refractivity contribution in [3.63, 3.8) is 0 Å². The van der Waals surface area contributed by atoms with Gasteiger partial charge in [-0.15, -0.1) is 0 Å². The van der Waals surface area contributed by atoms with Gasteiger partial charge in [0, 0.05) is 12.6 Å². The molecule has 0 aliphatic rings. The van der Waals surface area contributed by atoms with Crippen molar-refractivity contribution < 1.29 is 19.1 Å². The van der Waals surface area contributed by atoms with Crippen molar-refractivity contribution in [2.45, 2.75) is 19.9 Å². The second kappa shape index (κ2) is 10.3. The number of methoxy groups -OCH3 is 1. The van der Waals surface area contributed by atoms with Gasteiger partial charge in [-0.3, -0.25) is 9.59 Å². The largest absolute Gasteiger partial charge is 0.497 e. The lowest BCUT2D eigenvalue weighted by molar-refractivity contribution is -0.133. The van der Waals surface area contributed by atoms with E-state index < -0.39 is 6.04 Å². The Hall–Kier alpha value is -3.02. The van der Waals surface area contributed by atoms with Crippen molar-refractivity contribution in [3.8, 4) is 11.5 Å². The summed E-state index contributed by atoms with van der Waals surface area (Å²) in [7, 11) is 3.28. The predicted molar refractivity (Wildman–Crippen MR) is 109 cm³/mol. The first-order valence-corrected chi connectivity index (χ1v) is 9.30. The van der Waals surface area contributed by atoms with Crippen molar-refractivity contribution in [2.75, 3.05) is 27.3 Å². The van der Waals surface area contributed by atoms with Gasteiger partial charge >= 0.3 is 0 Å². The van der Waals surface area contributed by atoms with Gasteiger partial charge in [0.25, 0.3) is 5.91 Å². The van der Waals surface area contributed by atoms with Crippen LogP contribution in [0.2, 0.25) is 0 Å². The Morgan fingerprint density at radius 1 is 1.00 bits per heavy atom. The van der Waals surface area contributed by atoms with Crippen LogP contribution in [0.3, 0.4) is 0 Å². The number of ether oxygens (including phenoxy) is 2. The molecule has 0 radical (unpaired) electrons. The van der Waals surface area contributed by atoms with Gasteiger partial charge in [-0.1, -0.05) is 32.0 Å². The van der Waals surface area contributed by atoms with Crippen molar-refractivity contribution in [3.05, 3.63) is 60.2 Å². The number of rotatable bonds is 9. The Morgan fingerprint density at radius 2 is 1.64 bits per heavy atom. The van der Waals surface area contributed by atoms with Crippen LogP contribution in [-0.2, 0) is 4.79 Å². The fourth-order valence-corrected chi connectivity index (χ4v) is 2.65. The minimum Gasteiger partial charge on any atom is -0.497 e. The van der Waals surface area contributed by atoms with Crippen LogP contribution < -0.4 is 14.8 Å². The van der Waals surface area contributed by atoms with Gasteiger partial charge in [0.15, 0.2) is 0 Å². The van der Waals surface area contributed by atoms with E-state index in [2.05, 4.69) is 5.32 Å². The number of carbonyl (C=O) groups is 2. The molecule has 0 aliphatic carbocycles. The second-order valence-corrected chi connectivity index (χ2v) is 6.84. The van der Waals surface area contributed by atoms with Gasteiger partial charge in [0.2, 0.25) is 5.91 Å². The van der Waals surface area contributed by atoms with Crippen molar-refractivity contribution in [1.82, 2.24) is 10.2 Å². The molecule has 0 aliphatic heterocycles. The second-order valence-electron chi connectivity index (χ2n) is 6.84. The standard InChI is InChI=1S/C22H28N2O4/c1-16(2)20(23-21(25)17-10-12-18(27-4)13-11-17)22(26)24(3)14-15-28-19-8-6-5-7-9-19/h5-13,16,20H,14-15H2,1-4H3,(H,23,25). The minimum absolute atomic E-state index is 0.0489. The summed E-state index contributed by atoms with van der Waals surface area (Å²) in [5.74, 6) is 0.951. The van der Waals surface area contributed by atoms with Gasteiger partial charge in [-0.05, 0) is 42.3 Å². The summed E-state index contributed by atoms with van der Waals surface area (Å²) in [5.41, 5.74) is 0.481. The molecule has 2 aromatic carbocycles. The molecule has 6 nitrogen and oxygen atoms in total. The van der Waals surface area contributed by atoms with E-state index in [-0.39, 0.29) is 17.7 Å². The molecule has 2 aromatic rings. The van der Waals surface area contributed by atoms with Gasteiger partial charge in [0.05, 0.1) is 13.7 Å². The zero-order valence-corrected chi connectivity index (χ0v) is 16.8. The highest BCUT2D eigenvalue weighted by Crippen LogP contribution is 2.13. The van der Waals surface area contributed by atoms with Crippen molar-refractivity contribution in [2.24, 2.45) is 5.92 Å². The van der Waals surface area contributed by atoms with Crippen molar-refractivity contribution in [1.29, 1.82) is 0 Å². The fourth-order valence-electron chi connectivity index (χ4n) is 2.65. The van der Waals surface area contributed by atoms with Gasteiger partial charge in [-0.25, -0.2) is 0 Å². The Bertz CT molecular complexity index is 760. The van der Waals surface area contributed by atoms with Crippen LogP contribution in [-0.4, -0.2) is 50.1 Å². The predicted octanol–water partition coefficient (Wildman–Crippen LogP) is 2.99. The van der Waals surface area contributed by atoms with Gasteiger partial charge in [-0.2, -0.15) is 0 Å². The zero-order chi connectivity index (χ0) is 20.5. The molecule has 1 unspecified atom stereocenters. The molecule has 28 heavy (non-hydrogen) atoms. The Balaban J connectivity index is 1.93. The maximum Gasteiger partial charge on any atom is 0.251 e. The number of benzene rings is 2. The first kappa shape index (κ1) is 21.3. The fraction of sp³-hybridized carbons (Fsp3) is 0.364. The first-order valence-electron chi connectivity index (χ1n) is 9.30. The van der Waals surface area contributed by atoms with Crippen molar-refractivity contribution >= 4 is 11.8 Å². The van der Waals surface area contributed by atoms with Gasteiger partial charge in [0.1, 0.15) is 24.1 Å². The summed E-state index contributed by atoms with van der Waals surface area (Å²) in [6, 6.07) is 15.6.